The number of ether oxygens (including phenoxy) is 1. The molecule has 15 heavy (non-hydrogen) atoms. The van der Waals surface area contributed by atoms with Crippen LogP contribution in [0.3, 0.4) is 0 Å². The lowest BCUT2D eigenvalue weighted by Gasteiger charge is -2.03. The molecule has 84 valence electrons. The van der Waals surface area contributed by atoms with Crippen LogP contribution in [0.25, 0.3) is 0 Å². The van der Waals surface area contributed by atoms with E-state index < -0.39 is 0 Å². The molecule has 0 radical (unpaired) electrons. The van der Waals surface area contributed by atoms with Crippen LogP contribution in [0.4, 0.5) is 0 Å². The molecule has 0 saturated carbocycles. The topological polar surface area (TPSA) is 29.5 Å². The maximum absolute atomic E-state index is 8.99. The molecular formula is C13H20O2. The lowest BCUT2D eigenvalue weighted by molar-refractivity contribution is 0.192. The Morgan fingerprint density at radius 2 is 1.93 bits per heavy atom. The molecule has 0 aliphatic rings. The molecule has 0 atom stereocenters. The standard InChI is InChI=1S/C13H20O2/c1-15-9-4-2-3-6-12-7-5-8-13(10-12)11-14/h5,7-8,10,14H,2-4,6,9,11H2,1H3. The highest BCUT2D eigenvalue weighted by Gasteiger charge is 1.95. The van der Waals surface area contributed by atoms with Gasteiger partial charge in [0.05, 0.1) is 6.61 Å². The molecular weight excluding hydrogens is 188 g/mol. The van der Waals surface area contributed by atoms with E-state index in [4.69, 9.17) is 9.84 Å². The van der Waals surface area contributed by atoms with E-state index in [9.17, 15) is 0 Å². The van der Waals surface area contributed by atoms with Crippen LogP contribution in [0.15, 0.2) is 24.3 Å². The van der Waals surface area contributed by atoms with Crippen molar-refractivity contribution in [2.75, 3.05) is 13.7 Å². The van der Waals surface area contributed by atoms with Crippen molar-refractivity contribution < 1.29 is 9.84 Å². The summed E-state index contributed by atoms with van der Waals surface area (Å²) in [5.41, 5.74) is 2.32. The van der Waals surface area contributed by atoms with Crippen molar-refractivity contribution in [3.63, 3.8) is 0 Å². The van der Waals surface area contributed by atoms with E-state index in [0.717, 1.165) is 25.0 Å². The second kappa shape index (κ2) is 7.43. The van der Waals surface area contributed by atoms with Gasteiger partial charge in [0.15, 0.2) is 0 Å². The fourth-order valence-electron chi connectivity index (χ4n) is 1.64. The molecule has 0 aromatic heterocycles. The third-order valence-corrected chi connectivity index (χ3v) is 2.49. The first-order chi connectivity index (χ1) is 7.36. The van der Waals surface area contributed by atoms with Gasteiger partial charge in [-0.15, -0.1) is 0 Å². The quantitative estimate of drug-likeness (QED) is 0.698. The number of aliphatic hydroxyl groups is 1. The van der Waals surface area contributed by atoms with Crippen LogP contribution >= 0.6 is 0 Å². The van der Waals surface area contributed by atoms with Crippen LogP contribution in [0.5, 0.6) is 0 Å². The molecule has 2 nitrogen and oxygen atoms in total. The molecule has 0 saturated heterocycles. The summed E-state index contributed by atoms with van der Waals surface area (Å²) in [5, 5.41) is 8.99. The smallest absolute Gasteiger partial charge is 0.0681 e. The highest BCUT2D eigenvalue weighted by molar-refractivity contribution is 5.22. The van der Waals surface area contributed by atoms with Crippen molar-refractivity contribution in [3.8, 4) is 0 Å². The molecule has 0 aliphatic heterocycles. The highest BCUT2D eigenvalue weighted by Crippen LogP contribution is 2.09. The van der Waals surface area contributed by atoms with Gasteiger partial charge in [0, 0.05) is 13.7 Å². The Hall–Kier alpha value is -0.860. The summed E-state index contributed by atoms with van der Waals surface area (Å²) in [6, 6.07) is 8.16. The SMILES string of the molecule is COCCCCCc1cccc(CO)c1. The molecule has 0 aliphatic carbocycles. The van der Waals surface area contributed by atoms with Gasteiger partial charge in [-0.3, -0.25) is 0 Å². The van der Waals surface area contributed by atoms with Gasteiger partial charge >= 0.3 is 0 Å². The van der Waals surface area contributed by atoms with Gasteiger partial charge in [-0.1, -0.05) is 30.7 Å². The largest absolute Gasteiger partial charge is 0.392 e. The molecule has 0 heterocycles. The van der Waals surface area contributed by atoms with Gasteiger partial charge in [0.2, 0.25) is 0 Å². The minimum absolute atomic E-state index is 0.136. The Kier molecular flexibility index (Phi) is 6.05. The van der Waals surface area contributed by atoms with Gasteiger partial charge in [-0.2, -0.15) is 0 Å². The van der Waals surface area contributed by atoms with Gasteiger partial charge in [-0.05, 0) is 30.4 Å². The third-order valence-electron chi connectivity index (χ3n) is 2.49. The molecule has 0 spiro atoms. The van der Waals surface area contributed by atoms with Crippen molar-refractivity contribution in [1.29, 1.82) is 0 Å². The van der Waals surface area contributed by atoms with Crippen molar-refractivity contribution in [2.45, 2.75) is 32.3 Å². The van der Waals surface area contributed by atoms with Crippen LogP contribution < -0.4 is 0 Å². The fraction of sp³-hybridized carbons (Fsp3) is 0.538. The molecule has 1 rings (SSSR count). The van der Waals surface area contributed by atoms with Gasteiger partial charge in [-0.25, -0.2) is 0 Å². The molecule has 0 fully saturated rings. The summed E-state index contributed by atoms with van der Waals surface area (Å²) in [6.45, 7) is 0.994. The number of hydrogen-bond acceptors (Lipinski definition) is 2. The summed E-state index contributed by atoms with van der Waals surface area (Å²) in [7, 11) is 1.74. The maximum Gasteiger partial charge on any atom is 0.0681 e. The summed E-state index contributed by atoms with van der Waals surface area (Å²) in [5.74, 6) is 0. The van der Waals surface area contributed by atoms with Crippen LogP contribution in [0, 0.1) is 0 Å². The molecule has 1 aromatic rings. The zero-order valence-electron chi connectivity index (χ0n) is 9.41. The third kappa shape index (κ3) is 4.96. The predicted molar refractivity (Wildman–Crippen MR) is 61.8 cm³/mol. The first kappa shape index (κ1) is 12.2. The highest BCUT2D eigenvalue weighted by atomic mass is 16.5. The van der Waals surface area contributed by atoms with Crippen LogP contribution in [-0.4, -0.2) is 18.8 Å². The van der Waals surface area contributed by atoms with E-state index in [0.29, 0.717) is 0 Å². The van der Waals surface area contributed by atoms with E-state index in [1.165, 1.54) is 18.4 Å². The van der Waals surface area contributed by atoms with Gasteiger partial charge in [0.1, 0.15) is 0 Å². The Morgan fingerprint density at radius 3 is 2.67 bits per heavy atom. The molecule has 1 N–H and O–H groups in total. The predicted octanol–water partition coefficient (Wildman–Crippen LogP) is 2.54. The maximum atomic E-state index is 8.99. The number of rotatable bonds is 7. The fourth-order valence-corrected chi connectivity index (χ4v) is 1.64. The van der Waals surface area contributed by atoms with Crippen LogP contribution in [-0.2, 0) is 17.8 Å². The zero-order valence-corrected chi connectivity index (χ0v) is 9.41. The Balaban J connectivity index is 2.24. The van der Waals surface area contributed by atoms with E-state index in [-0.39, 0.29) is 6.61 Å². The van der Waals surface area contributed by atoms with Crippen molar-refractivity contribution in [1.82, 2.24) is 0 Å². The van der Waals surface area contributed by atoms with Crippen LogP contribution in [0.1, 0.15) is 30.4 Å². The number of benzene rings is 1. The summed E-state index contributed by atoms with van der Waals surface area (Å²) in [6.07, 6.45) is 4.63. The number of aliphatic hydroxyl groups excluding tert-OH is 1. The lowest BCUT2D eigenvalue weighted by Crippen LogP contribution is -1.92. The number of aryl methyl sites for hydroxylation is 1. The van der Waals surface area contributed by atoms with Crippen LogP contribution in [0.2, 0.25) is 0 Å². The van der Waals surface area contributed by atoms with Crippen molar-refractivity contribution in [3.05, 3.63) is 35.4 Å². The minimum atomic E-state index is 0.136. The van der Waals surface area contributed by atoms with Crippen molar-refractivity contribution >= 4 is 0 Å². The Labute approximate surface area is 91.9 Å². The van der Waals surface area contributed by atoms with Crippen molar-refractivity contribution in [2.24, 2.45) is 0 Å². The summed E-state index contributed by atoms with van der Waals surface area (Å²) < 4.78 is 5.00. The van der Waals surface area contributed by atoms with E-state index in [1.807, 2.05) is 12.1 Å². The lowest BCUT2D eigenvalue weighted by atomic mass is 10.0. The summed E-state index contributed by atoms with van der Waals surface area (Å²) in [4.78, 5) is 0. The molecule has 0 bridgehead atoms. The normalized spacial score (nSPS) is 10.5. The number of methoxy groups -OCH3 is 1. The average molecular weight is 208 g/mol. The van der Waals surface area contributed by atoms with E-state index in [2.05, 4.69) is 12.1 Å². The van der Waals surface area contributed by atoms with Gasteiger partial charge < -0.3 is 9.84 Å². The zero-order chi connectivity index (χ0) is 10.9. The first-order valence-electron chi connectivity index (χ1n) is 5.54. The molecule has 0 amide bonds. The van der Waals surface area contributed by atoms with Gasteiger partial charge in [0.25, 0.3) is 0 Å². The second-order valence-electron chi connectivity index (χ2n) is 3.78. The minimum Gasteiger partial charge on any atom is -0.392 e. The van der Waals surface area contributed by atoms with E-state index >= 15 is 0 Å². The average Bonchev–Trinajstić information content (AvgIpc) is 2.29. The Bertz CT molecular complexity index is 271. The van der Waals surface area contributed by atoms with E-state index in [1.54, 1.807) is 7.11 Å². The number of hydrogen-bond donors (Lipinski definition) is 1. The molecule has 1 aromatic carbocycles. The summed E-state index contributed by atoms with van der Waals surface area (Å²) >= 11 is 0. The number of unbranched alkanes of at least 4 members (excludes halogenated alkanes) is 2. The molecule has 2 heteroatoms. The monoisotopic (exact) mass is 208 g/mol. The second-order valence-corrected chi connectivity index (χ2v) is 3.78. The first-order valence-corrected chi connectivity index (χ1v) is 5.54. The Morgan fingerprint density at radius 1 is 1.13 bits per heavy atom. The molecule has 0 unspecified atom stereocenters.